The van der Waals surface area contributed by atoms with Gasteiger partial charge in [-0.2, -0.15) is 0 Å². The third-order valence-corrected chi connectivity index (χ3v) is 6.42. The predicted molar refractivity (Wildman–Crippen MR) is 148 cm³/mol. The third kappa shape index (κ3) is 7.35. The number of fused-ring (bicyclic) bond motifs is 1. The Morgan fingerprint density at radius 1 is 1.03 bits per heavy atom. The van der Waals surface area contributed by atoms with E-state index in [9.17, 15) is 4.79 Å². The average Bonchev–Trinajstić information content (AvgIpc) is 3.20. The standard InChI is InChI=1S/C31H41N3O/c1-7-23-16-28(13-12-26(23)14-20(2)3)33-22(6)15-27(32)19-30(21(4)5)31(35)34-29-17-24-10-8-9-11-25(24)18-29/h8-13,15-16,19-20,29,33H,7,14,17-18,32H2,1-6H3,(H,34,35)/b22-15+,27-19+. The van der Waals surface area contributed by atoms with Gasteiger partial charge >= 0.3 is 0 Å². The van der Waals surface area contributed by atoms with Crippen molar-refractivity contribution in [2.45, 2.75) is 73.3 Å². The van der Waals surface area contributed by atoms with Gasteiger partial charge in [0.1, 0.15) is 0 Å². The number of nitrogens with two attached hydrogens (primary N) is 1. The molecule has 2 aromatic carbocycles. The molecule has 0 saturated carbocycles. The summed E-state index contributed by atoms with van der Waals surface area (Å²) in [5.41, 5.74) is 15.9. The molecule has 0 aliphatic heterocycles. The maximum atomic E-state index is 13.1. The molecule has 0 spiro atoms. The quantitative estimate of drug-likeness (QED) is 0.300. The number of benzene rings is 2. The van der Waals surface area contributed by atoms with Crippen LogP contribution in [-0.4, -0.2) is 11.9 Å². The van der Waals surface area contributed by atoms with Crippen LogP contribution in [0, 0.1) is 5.92 Å². The molecule has 0 aromatic heterocycles. The van der Waals surface area contributed by atoms with Crippen LogP contribution < -0.4 is 16.4 Å². The van der Waals surface area contributed by atoms with E-state index in [0.717, 1.165) is 42.6 Å². The van der Waals surface area contributed by atoms with Crippen molar-refractivity contribution in [2.24, 2.45) is 11.7 Å². The topological polar surface area (TPSA) is 67.1 Å². The number of nitrogens with one attached hydrogen (secondary N) is 2. The van der Waals surface area contributed by atoms with Crippen molar-refractivity contribution in [2.75, 3.05) is 5.32 Å². The molecule has 4 nitrogen and oxygen atoms in total. The van der Waals surface area contributed by atoms with Gasteiger partial charge in [0.15, 0.2) is 0 Å². The van der Waals surface area contributed by atoms with Crippen molar-refractivity contribution >= 4 is 11.6 Å². The molecule has 186 valence electrons. The lowest BCUT2D eigenvalue weighted by Gasteiger charge is -2.15. The fourth-order valence-corrected chi connectivity index (χ4v) is 4.75. The Morgan fingerprint density at radius 2 is 1.69 bits per heavy atom. The van der Waals surface area contributed by atoms with Gasteiger partial charge in [0.25, 0.3) is 5.91 Å². The van der Waals surface area contributed by atoms with Crippen LogP contribution in [0.5, 0.6) is 0 Å². The number of anilines is 1. The molecule has 0 saturated heterocycles. The van der Waals surface area contributed by atoms with E-state index in [0.29, 0.717) is 17.2 Å². The predicted octanol–water partition coefficient (Wildman–Crippen LogP) is 6.23. The summed E-state index contributed by atoms with van der Waals surface area (Å²) in [5, 5.41) is 6.66. The van der Waals surface area contributed by atoms with E-state index in [1.165, 1.54) is 22.3 Å². The van der Waals surface area contributed by atoms with Gasteiger partial charge in [0.2, 0.25) is 0 Å². The van der Waals surface area contributed by atoms with Gasteiger partial charge in [0, 0.05) is 28.7 Å². The van der Waals surface area contributed by atoms with Crippen LogP contribution in [0.2, 0.25) is 0 Å². The van der Waals surface area contributed by atoms with E-state index in [1.807, 2.05) is 26.8 Å². The zero-order valence-corrected chi connectivity index (χ0v) is 22.2. The normalized spacial score (nSPS) is 14.1. The van der Waals surface area contributed by atoms with Gasteiger partial charge in [-0.1, -0.05) is 56.7 Å². The Labute approximate surface area is 211 Å². The molecule has 2 aromatic rings. The van der Waals surface area contributed by atoms with Gasteiger partial charge in [-0.15, -0.1) is 0 Å². The molecule has 1 aliphatic carbocycles. The second-order valence-corrected chi connectivity index (χ2v) is 10.3. The van der Waals surface area contributed by atoms with Crippen LogP contribution in [-0.2, 0) is 30.5 Å². The van der Waals surface area contributed by atoms with Crippen LogP contribution >= 0.6 is 0 Å². The lowest BCUT2D eigenvalue weighted by molar-refractivity contribution is -0.117. The number of carbonyl (C=O) groups excluding carboxylic acids is 1. The van der Waals surface area contributed by atoms with Crippen LogP contribution in [0.15, 0.2) is 77.2 Å². The average molecular weight is 472 g/mol. The molecule has 1 amide bonds. The van der Waals surface area contributed by atoms with Crippen molar-refractivity contribution in [3.8, 4) is 0 Å². The van der Waals surface area contributed by atoms with Crippen LogP contribution in [0.25, 0.3) is 0 Å². The first kappa shape index (κ1) is 26.3. The molecule has 35 heavy (non-hydrogen) atoms. The molecule has 0 unspecified atom stereocenters. The molecule has 0 fully saturated rings. The van der Waals surface area contributed by atoms with Crippen molar-refractivity contribution in [3.63, 3.8) is 0 Å². The maximum absolute atomic E-state index is 13.1. The first-order valence-electron chi connectivity index (χ1n) is 12.8. The van der Waals surface area contributed by atoms with Gasteiger partial charge in [-0.05, 0) is 98.9 Å². The molecule has 0 heterocycles. The SMILES string of the molecule is CCc1cc(N/C(C)=C/C(N)=C\C(C(=O)NC2Cc3ccccc3C2)=C(C)C)ccc1CC(C)C. The number of carbonyl (C=O) groups is 1. The summed E-state index contributed by atoms with van der Waals surface area (Å²) in [5.74, 6) is 0.564. The molecule has 0 bridgehead atoms. The Hall–Kier alpha value is -3.27. The van der Waals surface area contributed by atoms with E-state index in [2.05, 4.69) is 73.9 Å². The minimum absolute atomic E-state index is 0.0712. The Morgan fingerprint density at radius 3 is 2.26 bits per heavy atom. The van der Waals surface area contributed by atoms with Crippen LogP contribution in [0.1, 0.15) is 63.8 Å². The van der Waals surface area contributed by atoms with E-state index >= 15 is 0 Å². The van der Waals surface area contributed by atoms with Gasteiger partial charge in [-0.25, -0.2) is 0 Å². The highest BCUT2D eigenvalue weighted by Crippen LogP contribution is 2.23. The maximum Gasteiger partial charge on any atom is 0.251 e. The monoisotopic (exact) mass is 471 g/mol. The Kier molecular flexibility index (Phi) is 8.97. The lowest BCUT2D eigenvalue weighted by Crippen LogP contribution is -2.36. The second-order valence-electron chi connectivity index (χ2n) is 10.3. The number of hydrogen-bond acceptors (Lipinski definition) is 3. The highest BCUT2D eigenvalue weighted by Gasteiger charge is 2.23. The Balaban J connectivity index is 1.67. The largest absolute Gasteiger partial charge is 0.399 e. The highest BCUT2D eigenvalue weighted by molar-refractivity contribution is 5.97. The van der Waals surface area contributed by atoms with Crippen molar-refractivity contribution in [1.82, 2.24) is 5.32 Å². The summed E-state index contributed by atoms with van der Waals surface area (Å²) in [6.45, 7) is 12.6. The fraction of sp³-hybridized carbons (Fsp3) is 0.387. The lowest BCUT2D eigenvalue weighted by atomic mass is 9.96. The first-order chi connectivity index (χ1) is 16.7. The molecule has 0 atom stereocenters. The molecular weight excluding hydrogens is 430 g/mol. The Bertz CT molecular complexity index is 1120. The van der Waals surface area contributed by atoms with E-state index in [-0.39, 0.29) is 11.9 Å². The number of aryl methyl sites for hydroxylation is 1. The number of hydrogen-bond donors (Lipinski definition) is 3. The van der Waals surface area contributed by atoms with Crippen LogP contribution in [0.3, 0.4) is 0 Å². The second kappa shape index (κ2) is 11.9. The minimum Gasteiger partial charge on any atom is -0.399 e. The van der Waals surface area contributed by atoms with Gasteiger partial charge in [0.05, 0.1) is 0 Å². The van der Waals surface area contributed by atoms with E-state index < -0.39 is 0 Å². The fourth-order valence-electron chi connectivity index (χ4n) is 4.75. The molecule has 1 aliphatic rings. The summed E-state index contributed by atoms with van der Waals surface area (Å²) >= 11 is 0. The zero-order valence-electron chi connectivity index (χ0n) is 22.2. The number of amides is 1. The minimum atomic E-state index is -0.0712. The van der Waals surface area contributed by atoms with Crippen molar-refractivity contribution < 1.29 is 4.79 Å². The molecular formula is C31H41N3O. The molecule has 3 rings (SSSR count). The number of rotatable bonds is 9. The first-order valence-corrected chi connectivity index (χ1v) is 12.8. The smallest absolute Gasteiger partial charge is 0.251 e. The molecule has 4 N–H and O–H groups in total. The summed E-state index contributed by atoms with van der Waals surface area (Å²) in [6.07, 6.45) is 7.50. The molecule has 0 radical (unpaired) electrons. The number of allylic oxidation sites excluding steroid dienone is 3. The van der Waals surface area contributed by atoms with Crippen molar-refractivity contribution in [3.05, 3.63) is 99.4 Å². The van der Waals surface area contributed by atoms with Gasteiger partial charge in [-0.3, -0.25) is 4.79 Å². The van der Waals surface area contributed by atoms with E-state index in [1.54, 1.807) is 6.08 Å². The van der Waals surface area contributed by atoms with Crippen molar-refractivity contribution in [1.29, 1.82) is 0 Å². The zero-order chi connectivity index (χ0) is 25.5. The van der Waals surface area contributed by atoms with Gasteiger partial charge < -0.3 is 16.4 Å². The summed E-state index contributed by atoms with van der Waals surface area (Å²) in [4.78, 5) is 13.1. The summed E-state index contributed by atoms with van der Waals surface area (Å²) in [6, 6.07) is 15.1. The summed E-state index contributed by atoms with van der Waals surface area (Å²) in [7, 11) is 0. The third-order valence-electron chi connectivity index (χ3n) is 6.42. The van der Waals surface area contributed by atoms with Crippen LogP contribution in [0.4, 0.5) is 5.69 Å². The highest BCUT2D eigenvalue weighted by atomic mass is 16.1. The molecule has 4 heteroatoms. The summed E-state index contributed by atoms with van der Waals surface area (Å²) < 4.78 is 0. The van der Waals surface area contributed by atoms with E-state index in [4.69, 9.17) is 5.73 Å².